The summed E-state index contributed by atoms with van der Waals surface area (Å²) in [4.78, 5) is 18.4. The number of likely N-dealkylation sites (tertiary alicyclic amines) is 1. The first-order valence-corrected chi connectivity index (χ1v) is 7.75. The van der Waals surface area contributed by atoms with Gasteiger partial charge in [-0.25, -0.2) is 0 Å². The van der Waals surface area contributed by atoms with E-state index in [0.717, 1.165) is 25.5 Å². The molecule has 3 N–H and O–H groups in total. The molecule has 0 saturated carbocycles. The first-order chi connectivity index (χ1) is 10.7. The quantitative estimate of drug-likeness (QED) is 0.419. The maximum Gasteiger partial charge on any atom is 0.251 e. The second-order valence-corrected chi connectivity index (χ2v) is 5.25. The minimum Gasteiger partial charge on any atom is -0.391 e. The molecule has 0 unspecified atom stereocenters. The zero-order valence-corrected chi connectivity index (χ0v) is 13.0. The zero-order chi connectivity index (χ0) is 15.8. The Morgan fingerprint density at radius 1 is 1.36 bits per heavy atom. The molecule has 1 saturated heterocycles. The van der Waals surface area contributed by atoms with Gasteiger partial charge in [0.1, 0.15) is 0 Å². The number of nitrogens with one attached hydrogen (secondary N) is 2. The van der Waals surface area contributed by atoms with Gasteiger partial charge >= 0.3 is 0 Å². The second kappa shape index (κ2) is 8.38. The van der Waals surface area contributed by atoms with Gasteiger partial charge in [-0.1, -0.05) is 18.2 Å². The number of amides is 1. The molecule has 0 aromatic heterocycles. The number of hydrogen-bond donors (Lipinski definition) is 3. The Balaban J connectivity index is 1.80. The van der Waals surface area contributed by atoms with Crippen molar-refractivity contribution in [2.24, 2.45) is 4.99 Å². The number of guanidine groups is 1. The predicted octanol–water partition coefficient (Wildman–Crippen LogP) is 0.448. The van der Waals surface area contributed by atoms with E-state index in [4.69, 9.17) is 0 Å². The Kier molecular flexibility index (Phi) is 6.21. The Morgan fingerprint density at radius 2 is 2.14 bits per heavy atom. The van der Waals surface area contributed by atoms with Crippen LogP contribution in [0.3, 0.4) is 0 Å². The summed E-state index contributed by atoms with van der Waals surface area (Å²) in [6, 6.07) is 9.14. The van der Waals surface area contributed by atoms with E-state index in [-0.39, 0.29) is 12.0 Å². The lowest BCUT2D eigenvalue weighted by molar-refractivity contribution is 0.0955. The van der Waals surface area contributed by atoms with Crippen molar-refractivity contribution in [2.75, 3.05) is 32.7 Å². The summed E-state index contributed by atoms with van der Waals surface area (Å²) < 4.78 is 0. The topological polar surface area (TPSA) is 77.0 Å². The van der Waals surface area contributed by atoms with Gasteiger partial charge in [0.05, 0.1) is 12.6 Å². The van der Waals surface area contributed by atoms with Crippen molar-refractivity contribution in [2.45, 2.75) is 19.4 Å². The van der Waals surface area contributed by atoms with Crippen LogP contribution < -0.4 is 10.6 Å². The van der Waals surface area contributed by atoms with Gasteiger partial charge in [0.2, 0.25) is 0 Å². The van der Waals surface area contributed by atoms with E-state index in [0.29, 0.717) is 25.2 Å². The first-order valence-electron chi connectivity index (χ1n) is 7.75. The van der Waals surface area contributed by atoms with Gasteiger partial charge in [0.15, 0.2) is 5.96 Å². The van der Waals surface area contributed by atoms with Crippen molar-refractivity contribution in [3.8, 4) is 0 Å². The number of carbonyl (C=O) groups excluding carboxylic acids is 1. The van der Waals surface area contributed by atoms with Gasteiger partial charge in [-0.2, -0.15) is 0 Å². The van der Waals surface area contributed by atoms with E-state index in [1.165, 1.54) is 0 Å². The van der Waals surface area contributed by atoms with Crippen molar-refractivity contribution in [3.05, 3.63) is 35.9 Å². The number of carbonyl (C=O) groups is 1. The fourth-order valence-electron chi connectivity index (χ4n) is 2.38. The minimum absolute atomic E-state index is 0.0857. The third-order valence-corrected chi connectivity index (χ3v) is 3.49. The van der Waals surface area contributed by atoms with Gasteiger partial charge in [0.25, 0.3) is 5.91 Å². The number of nitrogens with zero attached hydrogens (tertiary/aromatic N) is 2. The summed E-state index contributed by atoms with van der Waals surface area (Å²) >= 11 is 0. The molecular weight excluding hydrogens is 280 g/mol. The van der Waals surface area contributed by atoms with E-state index in [1.807, 2.05) is 30.0 Å². The lowest BCUT2D eigenvalue weighted by atomic mass is 10.2. The minimum atomic E-state index is -0.276. The van der Waals surface area contributed by atoms with E-state index in [9.17, 15) is 9.90 Å². The van der Waals surface area contributed by atoms with Crippen LogP contribution in [-0.4, -0.2) is 60.7 Å². The summed E-state index contributed by atoms with van der Waals surface area (Å²) in [6.45, 7) is 5.21. The zero-order valence-electron chi connectivity index (χ0n) is 13.0. The van der Waals surface area contributed by atoms with E-state index in [1.54, 1.807) is 12.1 Å². The van der Waals surface area contributed by atoms with Crippen LogP contribution in [0.5, 0.6) is 0 Å². The lowest BCUT2D eigenvalue weighted by Crippen LogP contribution is -2.41. The highest BCUT2D eigenvalue weighted by atomic mass is 16.3. The number of benzene rings is 1. The smallest absolute Gasteiger partial charge is 0.251 e. The number of β-amino-alcohol motifs (C(OH)–C–C–N with tert-alkyl or cyclic N) is 1. The van der Waals surface area contributed by atoms with Crippen LogP contribution in [0, 0.1) is 0 Å². The van der Waals surface area contributed by atoms with Crippen molar-refractivity contribution < 1.29 is 9.90 Å². The number of aliphatic hydroxyl groups is 1. The fourth-order valence-corrected chi connectivity index (χ4v) is 2.38. The van der Waals surface area contributed by atoms with Crippen LogP contribution in [0.25, 0.3) is 0 Å². The highest BCUT2D eigenvalue weighted by molar-refractivity contribution is 5.94. The van der Waals surface area contributed by atoms with Crippen molar-refractivity contribution in [1.29, 1.82) is 0 Å². The van der Waals surface area contributed by atoms with Crippen molar-refractivity contribution >= 4 is 11.9 Å². The SMILES string of the molecule is CCNC(=NCCNC(=O)c1ccccc1)N1CC[C@@H](O)C1. The predicted molar refractivity (Wildman–Crippen MR) is 87.0 cm³/mol. The summed E-state index contributed by atoms with van der Waals surface area (Å²) in [7, 11) is 0. The van der Waals surface area contributed by atoms with Crippen LogP contribution in [0.1, 0.15) is 23.7 Å². The molecule has 0 bridgehead atoms. The molecule has 1 fully saturated rings. The molecule has 1 atom stereocenters. The Bertz CT molecular complexity index is 504. The van der Waals surface area contributed by atoms with Crippen LogP contribution in [0.2, 0.25) is 0 Å². The summed E-state index contributed by atoms with van der Waals surface area (Å²) in [6.07, 6.45) is 0.497. The summed E-state index contributed by atoms with van der Waals surface area (Å²) in [5, 5.41) is 15.7. The molecule has 1 aliphatic heterocycles. The summed E-state index contributed by atoms with van der Waals surface area (Å²) in [5.41, 5.74) is 0.654. The normalized spacial score (nSPS) is 18.4. The molecule has 120 valence electrons. The third-order valence-electron chi connectivity index (χ3n) is 3.49. The highest BCUT2D eigenvalue weighted by Gasteiger charge is 2.22. The number of rotatable bonds is 5. The van der Waals surface area contributed by atoms with Crippen LogP contribution in [0.4, 0.5) is 0 Å². The molecule has 0 radical (unpaired) electrons. The molecule has 1 aliphatic rings. The maximum absolute atomic E-state index is 11.9. The fraction of sp³-hybridized carbons (Fsp3) is 0.500. The maximum atomic E-state index is 11.9. The van der Waals surface area contributed by atoms with Crippen molar-refractivity contribution in [1.82, 2.24) is 15.5 Å². The molecular formula is C16H24N4O2. The number of aliphatic hydroxyl groups excluding tert-OH is 1. The Morgan fingerprint density at radius 3 is 2.77 bits per heavy atom. The molecule has 1 aromatic rings. The van der Waals surface area contributed by atoms with E-state index >= 15 is 0 Å². The summed E-state index contributed by atoms with van der Waals surface area (Å²) in [5.74, 6) is 0.713. The van der Waals surface area contributed by atoms with Crippen LogP contribution in [0.15, 0.2) is 35.3 Å². The van der Waals surface area contributed by atoms with E-state index < -0.39 is 0 Å². The van der Waals surface area contributed by atoms with Gasteiger partial charge in [-0.15, -0.1) is 0 Å². The molecule has 6 nitrogen and oxygen atoms in total. The molecule has 2 rings (SSSR count). The third kappa shape index (κ3) is 4.73. The first kappa shape index (κ1) is 16.3. The van der Waals surface area contributed by atoms with Gasteiger partial charge in [0, 0.05) is 31.7 Å². The Labute approximate surface area is 131 Å². The number of aliphatic imine (C=N–C) groups is 1. The molecule has 22 heavy (non-hydrogen) atoms. The van der Waals surface area contributed by atoms with E-state index in [2.05, 4.69) is 15.6 Å². The van der Waals surface area contributed by atoms with Crippen molar-refractivity contribution in [3.63, 3.8) is 0 Å². The highest BCUT2D eigenvalue weighted by Crippen LogP contribution is 2.08. The molecule has 0 aliphatic carbocycles. The molecule has 1 aromatic carbocycles. The standard InChI is InChI=1S/C16H24N4O2/c1-2-17-16(20-11-8-14(21)12-20)19-10-9-18-15(22)13-6-4-3-5-7-13/h3-7,14,21H,2,8-12H2,1H3,(H,17,19)(H,18,22)/t14-/m1/s1. The Hall–Kier alpha value is -2.08. The van der Waals surface area contributed by atoms with Gasteiger partial charge in [-0.3, -0.25) is 9.79 Å². The van der Waals surface area contributed by atoms with Gasteiger partial charge < -0.3 is 20.6 Å². The van der Waals surface area contributed by atoms with Gasteiger partial charge in [-0.05, 0) is 25.5 Å². The largest absolute Gasteiger partial charge is 0.391 e. The van der Waals surface area contributed by atoms with Crippen LogP contribution >= 0.6 is 0 Å². The monoisotopic (exact) mass is 304 g/mol. The molecule has 1 heterocycles. The lowest BCUT2D eigenvalue weighted by Gasteiger charge is -2.20. The average molecular weight is 304 g/mol. The number of hydrogen-bond acceptors (Lipinski definition) is 3. The molecule has 6 heteroatoms. The second-order valence-electron chi connectivity index (χ2n) is 5.25. The molecule has 1 amide bonds. The average Bonchev–Trinajstić information content (AvgIpc) is 2.97. The molecule has 0 spiro atoms. The van der Waals surface area contributed by atoms with Crippen LogP contribution in [-0.2, 0) is 0 Å².